The zero-order valence-electron chi connectivity index (χ0n) is 23.0. The van der Waals surface area contributed by atoms with Crippen LogP contribution in [0.25, 0.3) is 11.5 Å². The highest BCUT2D eigenvalue weighted by atomic mass is 16.5. The monoisotopic (exact) mass is 533 g/mol. The highest BCUT2D eigenvalue weighted by Crippen LogP contribution is 2.40. The van der Waals surface area contributed by atoms with Gasteiger partial charge in [0, 0.05) is 11.8 Å². The molecule has 1 aliphatic heterocycles. The second kappa shape index (κ2) is 10.3. The fourth-order valence-corrected chi connectivity index (χ4v) is 5.42. The van der Waals surface area contributed by atoms with Crippen LogP contribution in [0.1, 0.15) is 34.1 Å². The molecule has 0 spiro atoms. The molecule has 202 valence electrons. The molecule has 3 heterocycles. The van der Waals surface area contributed by atoms with Gasteiger partial charge in [0.25, 0.3) is 0 Å². The summed E-state index contributed by atoms with van der Waals surface area (Å²) in [6, 6.07) is 27.1. The molecule has 1 N–H and O–H groups in total. The van der Waals surface area contributed by atoms with Crippen LogP contribution >= 0.6 is 0 Å². The summed E-state index contributed by atoms with van der Waals surface area (Å²) < 4.78 is 15.2. The molecule has 0 bridgehead atoms. The fourth-order valence-electron chi connectivity index (χ4n) is 5.42. The van der Waals surface area contributed by atoms with E-state index < -0.39 is 6.04 Å². The van der Waals surface area contributed by atoms with Gasteiger partial charge >= 0.3 is 6.03 Å². The molecule has 0 fully saturated rings. The Bertz CT molecular complexity index is 1690. The number of carbonyl (C=O) groups is 1. The number of amides is 2. The summed E-state index contributed by atoms with van der Waals surface area (Å²) >= 11 is 0. The van der Waals surface area contributed by atoms with E-state index in [2.05, 4.69) is 16.0 Å². The smallest absolute Gasteiger partial charge is 0.323 e. The molecule has 1 atom stereocenters. The first-order valence-corrected chi connectivity index (χ1v) is 13.2. The number of urea groups is 1. The number of fused-ring (bicyclic) bond motifs is 3. The normalized spacial score (nSPS) is 14.2. The number of hydrogen-bond donors (Lipinski definition) is 1. The third-order valence-electron chi connectivity index (χ3n) is 7.35. The molecular weight excluding hydrogens is 502 g/mol. The van der Waals surface area contributed by atoms with Crippen molar-refractivity contribution < 1.29 is 14.3 Å². The highest BCUT2D eigenvalue weighted by molar-refractivity contribution is 5.92. The number of rotatable bonds is 5. The van der Waals surface area contributed by atoms with E-state index >= 15 is 0 Å². The molecule has 8 nitrogen and oxygen atoms in total. The van der Waals surface area contributed by atoms with E-state index in [4.69, 9.17) is 14.6 Å². The summed E-state index contributed by atoms with van der Waals surface area (Å²) in [6.07, 6.45) is 2.03. The third kappa shape index (κ3) is 4.37. The number of aryl methyl sites for hydroxylation is 2. The zero-order chi connectivity index (χ0) is 27.8. The van der Waals surface area contributed by atoms with Crippen molar-refractivity contribution in [2.75, 3.05) is 19.5 Å². The standard InChI is InChI=1S/C32H31N5O3/c1-21-15-16-29(40-4)27(18-21)33-32(38)36-20-26-22(2)34-37(24-11-6-5-7-12-24)31(26)35-17-9-14-28(35)30(36)23-10-8-13-25(19-23)39-3/h5-19,30H,20H2,1-4H3,(H,33,38). The van der Waals surface area contributed by atoms with Crippen LogP contribution in [0, 0.1) is 13.8 Å². The minimum Gasteiger partial charge on any atom is -0.497 e. The van der Waals surface area contributed by atoms with Gasteiger partial charge in [-0.1, -0.05) is 36.4 Å². The topological polar surface area (TPSA) is 73.5 Å². The highest BCUT2D eigenvalue weighted by Gasteiger charge is 2.36. The molecule has 40 heavy (non-hydrogen) atoms. The van der Waals surface area contributed by atoms with E-state index in [1.807, 2.05) is 108 Å². The van der Waals surface area contributed by atoms with Crippen molar-refractivity contribution in [3.63, 3.8) is 0 Å². The summed E-state index contributed by atoms with van der Waals surface area (Å²) in [7, 11) is 3.25. The molecule has 2 aromatic heterocycles. The summed E-state index contributed by atoms with van der Waals surface area (Å²) in [5, 5.41) is 8.06. The minimum absolute atomic E-state index is 0.246. The van der Waals surface area contributed by atoms with Gasteiger partial charge in [0.15, 0.2) is 0 Å². The largest absolute Gasteiger partial charge is 0.497 e. The fraction of sp³-hybridized carbons (Fsp3) is 0.188. The Balaban J connectivity index is 1.54. The second-order valence-corrected chi connectivity index (χ2v) is 9.88. The van der Waals surface area contributed by atoms with Gasteiger partial charge in [0.05, 0.1) is 49.6 Å². The lowest BCUT2D eigenvalue weighted by Crippen LogP contribution is -2.38. The lowest BCUT2D eigenvalue weighted by molar-refractivity contribution is 0.194. The number of nitrogens with zero attached hydrogens (tertiary/aromatic N) is 4. The predicted molar refractivity (Wildman–Crippen MR) is 155 cm³/mol. The van der Waals surface area contributed by atoms with Crippen molar-refractivity contribution in [3.8, 4) is 23.0 Å². The summed E-state index contributed by atoms with van der Waals surface area (Å²) in [6.45, 7) is 4.32. The van der Waals surface area contributed by atoms with Crippen molar-refractivity contribution in [3.05, 3.63) is 119 Å². The van der Waals surface area contributed by atoms with Gasteiger partial charge in [-0.3, -0.25) is 0 Å². The van der Waals surface area contributed by atoms with E-state index in [9.17, 15) is 4.79 Å². The predicted octanol–water partition coefficient (Wildman–Crippen LogP) is 6.43. The van der Waals surface area contributed by atoms with E-state index in [1.165, 1.54) is 0 Å². The number of ether oxygens (including phenoxy) is 2. The number of para-hydroxylation sites is 1. The van der Waals surface area contributed by atoms with Crippen LogP contribution in [-0.4, -0.2) is 39.5 Å². The maximum absolute atomic E-state index is 14.3. The van der Waals surface area contributed by atoms with Gasteiger partial charge in [-0.2, -0.15) is 5.10 Å². The minimum atomic E-state index is -0.406. The summed E-state index contributed by atoms with van der Waals surface area (Å²) in [5.41, 5.74) is 6.30. The average molecular weight is 534 g/mol. The van der Waals surface area contributed by atoms with Crippen LogP contribution in [0.4, 0.5) is 10.5 Å². The number of benzene rings is 3. The quantitative estimate of drug-likeness (QED) is 0.282. The van der Waals surface area contributed by atoms with Crippen molar-refractivity contribution in [2.45, 2.75) is 26.4 Å². The molecule has 0 saturated carbocycles. The molecule has 0 radical (unpaired) electrons. The van der Waals surface area contributed by atoms with E-state index in [1.54, 1.807) is 14.2 Å². The van der Waals surface area contributed by atoms with Crippen LogP contribution in [0.15, 0.2) is 91.1 Å². The van der Waals surface area contributed by atoms with Crippen LogP contribution in [-0.2, 0) is 6.54 Å². The third-order valence-corrected chi connectivity index (χ3v) is 7.35. The zero-order valence-corrected chi connectivity index (χ0v) is 23.0. The Labute approximate surface area is 233 Å². The van der Waals surface area contributed by atoms with Gasteiger partial charge in [-0.25, -0.2) is 9.48 Å². The van der Waals surface area contributed by atoms with Gasteiger partial charge in [0.2, 0.25) is 0 Å². The van der Waals surface area contributed by atoms with Crippen LogP contribution in [0.5, 0.6) is 11.5 Å². The summed E-state index contributed by atoms with van der Waals surface area (Å²) in [4.78, 5) is 16.1. The number of nitrogens with one attached hydrogen (secondary N) is 1. The maximum atomic E-state index is 14.3. The lowest BCUT2D eigenvalue weighted by atomic mass is 10.0. The maximum Gasteiger partial charge on any atom is 0.323 e. The average Bonchev–Trinajstić information content (AvgIpc) is 3.54. The first-order chi connectivity index (χ1) is 19.5. The first-order valence-electron chi connectivity index (χ1n) is 13.2. The van der Waals surface area contributed by atoms with Crippen molar-refractivity contribution in [1.29, 1.82) is 0 Å². The molecule has 5 aromatic rings. The Hall–Kier alpha value is -4.98. The number of anilines is 1. The Morgan fingerprint density at radius 3 is 2.52 bits per heavy atom. The second-order valence-electron chi connectivity index (χ2n) is 9.88. The number of methoxy groups -OCH3 is 2. The molecule has 6 rings (SSSR count). The molecule has 1 unspecified atom stereocenters. The van der Waals surface area contributed by atoms with Crippen LogP contribution in [0.3, 0.4) is 0 Å². The van der Waals surface area contributed by atoms with Crippen molar-refractivity contribution in [2.24, 2.45) is 0 Å². The molecule has 2 amide bonds. The van der Waals surface area contributed by atoms with Gasteiger partial charge in [0.1, 0.15) is 17.3 Å². The number of hydrogen-bond acceptors (Lipinski definition) is 4. The molecule has 0 saturated heterocycles. The Morgan fingerprint density at radius 2 is 1.75 bits per heavy atom. The van der Waals surface area contributed by atoms with Crippen LogP contribution in [0.2, 0.25) is 0 Å². The van der Waals surface area contributed by atoms with Gasteiger partial charge in [-0.15, -0.1) is 0 Å². The first kappa shape index (κ1) is 25.3. The lowest BCUT2D eigenvalue weighted by Gasteiger charge is -2.31. The molecule has 8 heteroatoms. The van der Waals surface area contributed by atoms with E-state index in [0.717, 1.165) is 45.3 Å². The molecule has 1 aliphatic rings. The number of carbonyl (C=O) groups excluding carboxylic acids is 1. The Morgan fingerprint density at radius 1 is 0.925 bits per heavy atom. The molecule has 3 aromatic carbocycles. The van der Waals surface area contributed by atoms with Crippen molar-refractivity contribution >= 4 is 11.7 Å². The Kier molecular flexibility index (Phi) is 6.51. The SMILES string of the molecule is COc1cccc(C2c3cccn3-c3c(c(C)nn3-c3ccccc3)CN2C(=O)Nc2cc(C)ccc2OC)c1. The van der Waals surface area contributed by atoms with E-state index in [-0.39, 0.29) is 6.03 Å². The van der Waals surface area contributed by atoms with Crippen molar-refractivity contribution in [1.82, 2.24) is 19.2 Å². The number of aromatic nitrogens is 3. The van der Waals surface area contributed by atoms with E-state index in [0.29, 0.717) is 18.0 Å². The van der Waals surface area contributed by atoms with Crippen LogP contribution < -0.4 is 14.8 Å². The molecule has 0 aliphatic carbocycles. The van der Waals surface area contributed by atoms with Gasteiger partial charge < -0.3 is 24.3 Å². The summed E-state index contributed by atoms with van der Waals surface area (Å²) in [5.74, 6) is 2.24. The van der Waals surface area contributed by atoms with Gasteiger partial charge in [-0.05, 0) is 73.5 Å². The molecular formula is C32H31N5O3.